The molecule has 0 aromatic carbocycles. The maximum Gasteiger partial charge on any atom is 0.113 e. The summed E-state index contributed by atoms with van der Waals surface area (Å²) in [7, 11) is 0. The van der Waals surface area contributed by atoms with Gasteiger partial charge in [-0.15, -0.1) is 0 Å². The maximum absolute atomic E-state index is 11.3. The summed E-state index contributed by atoms with van der Waals surface area (Å²) >= 11 is 0. The predicted octanol–water partition coefficient (Wildman–Crippen LogP) is 2.64. The number of fused-ring (bicyclic) bond motifs is 2. The molecule has 0 aromatic rings. The molecule has 5 heteroatoms. The van der Waals surface area contributed by atoms with Crippen molar-refractivity contribution in [1.82, 2.24) is 0 Å². The molecule has 4 aliphatic rings. The van der Waals surface area contributed by atoms with Crippen LogP contribution in [0.1, 0.15) is 73.1 Å². The lowest BCUT2D eigenvalue weighted by atomic mass is 9.52. The number of allylic oxidation sites excluding steroid dienone is 2. The average Bonchev–Trinajstić information content (AvgIpc) is 3.09. The van der Waals surface area contributed by atoms with Gasteiger partial charge in [0, 0.05) is 0 Å². The third-order valence-electron chi connectivity index (χ3n) is 9.84. The standard InChI is InChI=1S/C25H42O5/c1-13-6-7-15-20-16(13)8-14(2)17(20)9-23(3)11-19(28)24(4,21(15)23)10-18(27)22(29)25(5,30)12-26/h13-16,18-19,21-22,26-30H,6-12H2,1-5H3/t13-,14-,15+,16-,18-,19-,21-,22-,23-,24-,25-/m0/s1. The molecule has 0 radical (unpaired) electrons. The molecule has 0 heterocycles. The highest BCUT2D eigenvalue weighted by atomic mass is 16.4. The van der Waals surface area contributed by atoms with Gasteiger partial charge in [-0.1, -0.05) is 38.8 Å². The summed E-state index contributed by atoms with van der Waals surface area (Å²) in [5.41, 5.74) is 1.00. The van der Waals surface area contributed by atoms with Crippen molar-refractivity contribution >= 4 is 0 Å². The SMILES string of the molecule is C[C@H]1C[C@@H]2C3=C1C[C@@]1(C)C[C@H](O)[C@](C)(C[C@H](O)[C@H](O)[C@@](C)(O)CO)[C@H]1[C@@H]3CC[C@@H]2C. The Kier molecular flexibility index (Phi) is 5.51. The van der Waals surface area contributed by atoms with Crippen LogP contribution in [-0.2, 0) is 0 Å². The first-order chi connectivity index (χ1) is 13.9. The van der Waals surface area contributed by atoms with Crippen molar-refractivity contribution in [3.8, 4) is 0 Å². The average molecular weight is 423 g/mol. The number of hydrogen-bond donors (Lipinski definition) is 5. The summed E-state index contributed by atoms with van der Waals surface area (Å²) in [5, 5.41) is 52.3. The van der Waals surface area contributed by atoms with E-state index < -0.39 is 35.9 Å². The second kappa shape index (κ2) is 7.28. The highest BCUT2D eigenvalue weighted by molar-refractivity contribution is 5.37. The van der Waals surface area contributed by atoms with E-state index in [1.54, 1.807) is 11.1 Å². The van der Waals surface area contributed by atoms with E-state index in [0.29, 0.717) is 30.1 Å². The van der Waals surface area contributed by atoms with Crippen molar-refractivity contribution in [2.75, 3.05) is 6.61 Å². The number of aliphatic hydroxyl groups excluding tert-OH is 4. The van der Waals surface area contributed by atoms with E-state index in [2.05, 4.69) is 27.7 Å². The molecule has 0 spiro atoms. The Morgan fingerprint density at radius 1 is 1.13 bits per heavy atom. The lowest BCUT2D eigenvalue weighted by Crippen LogP contribution is -2.53. The van der Waals surface area contributed by atoms with Crippen LogP contribution in [0.4, 0.5) is 0 Å². The normalized spacial score (nSPS) is 49.4. The number of hydrogen-bond acceptors (Lipinski definition) is 5. The zero-order chi connectivity index (χ0) is 22.2. The molecule has 172 valence electrons. The Hall–Kier alpha value is -0.460. The smallest absolute Gasteiger partial charge is 0.113 e. The Morgan fingerprint density at radius 3 is 2.43 bits per heavy atom. The van der Waals surface area contributed by atoms with Crippen molar-refractivity contribution in [1.29, 1.82) is 0 Å². The molecule has 4 rings (SSSR count). The summed E-state index contributed by atoms with van der Waals surface area (Å²) in [4.78, 5) is 0. The molecule has 2 saturated carbocycles. The van der Waals surface area contributed by atoms with Crippen molar-refractivity contribution in [2.24, 2.45) is 40.4 Å². The minimum atomic E-state index is -1.77. The second-order valence-corrected chi connectivity index (χ2v) is 12.2. The van der Waals surface area contributed by atoms with E-state index in [-0.39, 0.29) is 17.8 Å². The van der Waals surface area contributed by atoms with Crippen molar-refractivity contribution in [2.45, 2.75) is 97.1 Å². The van der Waals surface area contributed by atoms with Crippen molar-refractivity contribution in [3.63, 3.8) is 0 Å². The van der Waals surface area contributed by atoms with Crippen LogP contribution < -0.4 is 0 Å². The molecular formula is C25H42O5. The number of rotatable bonds is 5. The second-order valence-electron chi connectivity index (χ2n) is 12.2. The minimum Gasteiger partial charge on any atom is -0.393 e. The zero-order valence-electron chi connectivity index (χ0n) is 19.3. The first kappa shape index (κ1) is 22.7. The van der Waals surface area contributed by atoms with E-state index >= 15 is 0 Å². The third-order valence-corrected chi connectivity index (χ3v) is 9.84. The fourth-order valence-corrected chi connectivity index (χ4v) is 8.35. The summed E-state index contributed by atoms with van der Waals surface area (Å²) in [5.74, 6) is 2.69. The minimum absolute atomic E-state index is 0.00837. The van der Waals surface area contributed by atoms with Gasteiger partial charge in [0.05, 0.1) is 18.8 Å². The summed E-state index contributed by atoms with van der Waals surface area (Å²) in [6.45, 7) is 9.87. The van der Waals surface area contributed by atoms with Gasteiger partial charge in [-0.25, -0.2) is 0 Å². The molecule has 2 fully saturated rings. The van der Waals surface area contributed by atoms with Crippen LogP contribution in [0.3, 0.4) is 0 Å². The van der Waals surface area contributed by atoms with E-state index in [1.165, 1.54) is 19.8 Å². The van der Waals surface area contributed by atoms with E-state index in [9.17, 15) is 25.5 Å². The van der Waals surface area contributed by atoms with Gasteiger partial charge in [0.15, 0.2) is 0 Å². The molecule has 0 amide bonds. The molecule has 0 aromatic heterocycles. The van der Waals surface area contributed by atoms with Crippen molar-refractivity contribution in [3.05, 3.63) is 11.1 Å². The van der Waals surface area contributed by atoms with Gasteiger partial charge in [0.1, 0.15) is 11.7 Å². The lowest BCUT2D eigenvalue weighted by Gasteiger charge is -2.53. The van der Waals surface area contributed by atoms with E-state index in [4.69, 9.17) is 0 Å². The van der Waals surface area contributed by atoms with Gasteiger partial charge in [-0.3, -0.25) is 0 Å². The van der Waals surface area contributed by atoms with Gasteiger partial charge >= 0.3 is 0 Å². The van der Waals surface area contributed by atoms with Crippen molar-refractivity contribution < 1.29 is 25.5 Å². The van der Waals surface area contributed by atoms with Crippen LogP contribution in [0.5, 0.6) is 0 Å². The quantitative estimate of drug-likeness (QED) is 0.439. The summed E-state index contributed by atoms with van der Waals surface area (Å²) in [6.07, 6.45) is 2.36. The first-order valence-corrected chi connectivity index (χ1v) is 12.0. The summed E-state index contributed by atoms with van der Waals surface area (Å²) < 4.78 is 0. The van der Waals surface area contributed by atoms with Gasteiger partial charge in [0.2, 0.25) is 0 Å². The van der Waals surface area contributed by atoms with Gasteiger partial charge < -0.3 is 25.5 Å². The molecule has 30 heavy (non-hydrogen) atoms. The van der Waals surface area contributed by atoms with Gasteiger partial charge in [-0.05, 0) is 85.9 Å². The molecule has 0 bridgehead atoms. The molecular weight excluding hydrogens is 380 g/mol. The van der Waals surface area contributed by atoms with Crippen LogP contribution >= 0.6 is 0 Å². The Balaban J connectivity index is 1.69. The highest BCUT2D eigenvalue weighted by Crippen LogP contribution is 2.70. The Morgan fingerprint density at radius 2 is 1.80 bits per heavy atom. The largest absolute Gasteiger partial charge is 0.393 e. The molecule has 5 nitrogen and oxygen atoms in total. The van der Waals surface area contributed by atoms with E-state index in [1.807, 2.05) is 0 Å². The number of aliphatic hydroxyl groups is 5. The predicted molar refractivity (Wildman–Crippen MR) is 115 cm³/mol. The van der Waals surface area contributed by atoms with Crippen LogP contribution in [0, 0.1) is 40.4 Å². The molecule has 0 aliphatic heterocycles. The Bertz CT molecular complexity index is 716. The van der Waals surface area contributed by atoms with Crippen LogP contribution in [0.2, 0.25) is 0 Å². The molecule has 11 atom stereocenters. The highest BCUT2D eigenvalue weighted by Gasteiger charge is 2.64. The fraction of sp³-hybridized carbons (Fsp3) is 0.920. The Labute approximate surface area is 181 Å². The molecule has 0 saturated heterocycles. The third kappa shape index (κ3) is 3.14. The topological polar surface area (TPSA) is 101 Å². The fourth-order valence-electron chi connectivity index (χ4n) is 8.35. The molecule has 0 unspecified atom stereocenters. The summed E-state index contributed by atoms with van der Waals surface area (Å²) in [6, 6.07) is 0. The van der Waals surface area contributed by atoms with Gasteiger partial charge in [-0.2, -0.15) is 0 Å². The van der Waals surface area contributed by atoms with Gasteiger partial charge in [0.25, 0.3) is 0 Å². The maximum atomic E-state index is 11.3. The molecule has 4 aliphatic carbocycles. The first-order valence-electron chi connectivity index (χ1n) is 12.0. The lowest BCUT2D eigenvalue weighted by molar-refractivity contribution is -0.151. The van der Waals surface area contributed by atoms with Crippen LogP contribution in [0.15, 0.2) is 11.1 Å². The monoisotopic (exact) mass is 422 g/mol. The zero-order valence-corrected chi connectivity index (χ0v) is 19.3. The van der Waals surface area contributed by atoms with E-state index in [0.717, 1.165) is 12.8 Å². The molecule has 5 N–H and O–H groups in total. The van der Waals surface area contributed by atoms with Crippen LogP contribution in [-0.4, -0.2) is 56.1 Å². The van der Waals surface area contributed by atoms with Crippen LogP contribution in [0.25, 0.3) is 0 Å².